The van der Waals surface area contributed by atoms with Gasteiger partial charge < -0.3 is 20.9 Å². The third kappa shape index (κ3) is 11.1. The second-order valence-electron chi connectivity index (χ2n) is 9.14. The van der Waals surface area contributed by atoms with E-state index in [1.807, 2.05) is 13.8 Å². The third-order valence-electron chi connectivity index (χ3n) is 5.78. The molecule has 2 fully saturated rings. The fraction of sp³-hybridized carbons (Fsp3) is 0.955. The highest BCUT2D eigenvalue weighted by Gasteiger charge is 2.25. The Balaban J connectivity index is 1.58. The zero-order valence-corrected chi connectivity index (χ0v) is 17.9. The van der Waals surface area contributed by atoms with Gasteiger partial charge in [-0.25, -0.2) is 0 Å². The maximum atomic E-state index is 11.7. The number of amides is 1. The highest BCUT2D eigenvalue weighted by Crippen LogP contribution is 2.30. The van der Waals surface area contributed by atoms with E-state index in [4.69, 9.17) is 5.73 Å². The number of unbranched alkanes of at least 4 members (excludes halogenated alkanes) is 1. The Kier molecular flexibility index (Phi) is 10.7. The quantitative estimate of drug-likeness (QED) is 0.381. The van der Waals surface area contributed by atoms with Crippen LogP contribution in [0.25, 0.3) is 0 Å². The van der Waals surface area contributed by atoms with E-state index in [1.54, 1.807) is 0 Å². The van der Waals surface area contributed by atoms with Crippen LogP contribution in [0.4, 0.5) is 0 Å². The predicted molar refractivity (Wildman–Crippen MR) is 114 cm³/mol. The molecule has 0 bridgehead atoms. The molecule has 2 aliphatic carbocycles. The molecule has 0 aliphatic heterocycles. The predicted octanol–water partition coefficient (Wildman–Crippen LogP) is 2.70. The van der Waals surface area contributed by atoms with E-state index < -0.39 is 0 Å². The number of rotatable bonds is 17. The van der Waals surface area contributed by atoms with Gasteiger partial charge in [0.15, 0.2) is 0 Å². The van der Waals surface area contributed by atoms with E-state index in [0.29, 0.717) is 0 Å². The number of nitrogens with two attached hydrogens (primary N) is 1. The lowest BCUT2D eigenvalue weighted by atomic mass is 10.2. The molecule has 0 aromatic heterocycles. The van der Waals surface area contributed by atoms with E-state index in [-0.39, 0.29) is 11.8 Å². The van der Waals surface area contributed by atoms with Crippen molar-refractivity contribution >= 4 is 5.91 Å². The molecule has 2 rings (SSSR count). The molecule has 158 valence electrons. The number of carbonyl (C=O) groups excluding carboxylic acids is 1. The summed E-state index contributed by atoms with van der Waals surface area (Å²) >= 11 is 0. The normalized spacial score (nSPS) is 17.3. The second-order valence-corrected chi connectivity index (χ2v) is 9.14. The summed E-state index contributed by atoms with van der Waals surface area (Å²) in [5, 5.41) is 3.05. The minimum atomic E-state index is 0.0884. The van der Waals surface area contributed by atoms with Crippen LogP contribution in [0.3, 0.4) is 0 Å². The van der Waals surface area contributed by atoms with Crippen LogP contribution in [0.5, 0.6) is 0 Å². The SMILES string of the molecule is CC(C)C(=O)NCCCN(CCCCN(CCCN)CC1CC1)CC1CC1. The van der Waals surface area contributed by atoms with Crippen molar-refractivity contribution in [2.45, 2.75) is 65.2 Å². The van der Waals surface area contributed by atoms with Crippen LogP contribution in [-0.4, -0.2) is 68.1 Å². The van der Waals surface area contributed by atoms with Crippen molar-refractivity contribution in [2.75, 3.05) is 52.4 Å². The Morgan fingerprint density at radius 1 is 0.889 bits per heavy atom. The second kappa shape index (κ2) is 12.7. The van der Waals surface area contributed by atoms with Crippen molar-refractivity contribution in [2.24, 2.45) is 23.5 Å². The molecule has 5 nitrogen and oxygen atoms in total. The van der Waals surface area contributed by atoms with Gasteiger partial charge in [-0.05, 0) is 95.9 Å². The lowest BCUT2D eigenvalue weighted by molar-refractivity contribution is -0.123. The van der Waals surface area contributed by atoms with Crippen molar-refractivity contribution < 1.29 is 4.79 Å². The van der Waals surface area contributed by atoms with E-state index in [1.165, 1.54) is 71.2 Å². The summed E-state index contributed by atoms with van der Waals surface area (Å²) in [7, 11) is 0. The number of hydrogen-bond acceptors (Lipinski definition) is 4. The molecule has 0 aromatic carbocycles. The van der Waals surface area contributed by atoms with Gasteiger partial charge in [0.2, 0.25) is 5.91 Å². The highest BCUT2D eigenvalue weighted by molar-refractivity contribution is 5.77. The average molecular weight is 381 g/mol. The Bertz CT molecular complexity index is 407. The molecule has 0 heterocycles. The lowest BCUT2D eigenvalue weighted by Gasteiger charge is -2.25. The van der Waals surface area contributed by atoms with Gasteiger partial charge in [-0.3, -0.25) is 4.79 Å². The lowest BCUT2D eigenvalue weighted by Crippen LogP contribution is -2.34. The number of carbonyl (C=O) groups is 1. The smallest absolute Gasteiger partial charge is 0.222 e. The van der Waals surface area contributed by atoms with E-state index in [9.17, 15) is 4.79 Å². The van der Waals surface area contributed by atoms with Crippen molar-refractivity contribution in [1.29, 1.82) is 0 Å². The molecule has 0 radical (unpaired) electrons. The van der Waals surface area contributed by atoms with Gasteiger partial charge in [0.25, 0.3) is 0 Å². The summed E-state index contributed by atoms with van der Waals surface area (Å²) in [6.45, 7) is 12.8. The van der Waals surface area contributed by atoms with Crippen LogP contribution in [0.1, 0.15) is 65.2 Å². The molecule has 0 unspecified atom stereocenters. The largest absolute Gasteiger partial charge is 0.356 e. The third-order valence-corrected chi connectivity index (χ3v) is 5.78. The van der Waals surface area contributed by atoms with Crippen LogP contribution in [0.2, 0.25) is 0 Å². The standard InChI is InChI=1S/C22H44N4O/c1-19(2)22(27)24-12-6-16-26(18-21-9-10-21)14-4-3-13-25(15-5-11-23)17-20-7-8-20/h19-21H,3-18,23H2,1-2H3,(H,24,27). The maximum Gasteiger partial charge on any atom is 0.222 e. The molecule has 2 aliphatic rings. The van der Waals surface area contributed by atoms with Crippen molar-refractivity contribution in [3.8, 4) is 0 Å². The van der Waals surface area contributed by atoms with E-state index in [2.05, 4.69) is 15.1 Å². The minimum absolute atomic E-state index is 0.0884. The first kappa shape index (κ1) is 22.6. The first-order valence-corrected chi connectivity index (χ1v) is 11.5. The summed E-state index contributed by atoms with van der Waals surface area (Å²) in [5.41, 5.74) is 5.70. The van der Waals surface area contributed by atoms with Gasteiger partial charge in [0.05, 0.1) is 0 Å². The summed E-state index contributed by atoms with van der Waals surface area (Å²) < 4.78 is 0. The van der Waals surface area contributed by atoms with Crippen molar-refractivity contribution in [1.82, 2.24) is 15.1 Å². The van der Waals surface area contributed by atoms with Crippen molar-refractivity contribution in [3.05, 3.63) is 0 Å². The van der Waals surface area contributed by atoms with Crippen LogP contribution < -0.4 is 11.1 Å². The van der Waals surface area contributed by atoms with Gasteiger partial charge in [-0.15, -0.1) is 0 Å². The zero-order chi connectivity index (χ0) is 19.5. The number of hydrogen-bond donors (Lipinski definition) is 2. The topological polar surface area (TPSA) is 61.6 Å². The highest BCUT2D eigenvalue weighted by atomic mass is 16.1. The molecule has 5 heteroatoms. The Morgan fingerprint density at radius 2 is 1.37 bits per heavy atom. The van der Waals surface area contributed by atoms with Gasteiger partial charge in [0, 0.05) is 25.6 Å². The molecule has 0 spiro atoms. The van der Waals surface area contributed by atoms with Crippen molar-refractivity contribution in [3.63, 3.8) is 0 Å². The minimum Gasteiger partial charge on any atom is -0.356 e. The van der Waals surface area contributed by atoms with Gasteiger partial charge in [0.1, 0.15) is 0 Å². The fourth-order valence-electron chi connectivity index (χ4n) is 3.62. The van der Waals surface area contributed by atoms with Crippen LogP contribution in [0.15, 0.2) is 0 Å². The van der Waals surface area contributed by atoms with Crippen LogP contribution >= 0.6 is 0 Å². The summed E-state index contributed by atoms with van der Waals surface area (Å²) in [4.78, 5) is 17.0. The molecule has 0 atom stereocenters. The first-order chi connectivity index (χ1) is 13.1. The molecule has 0 saturated heterocycles. The average Bonchev–Trinajstić information content (AvgIpc) is 3.55. The fourth-order valence-corrected chi connectivity index (χ4v) is 3.62. The van der Waals surface area contributed by atoms with Gasteiger partial charge in [-0.2, -0.15) is 0 Å². The van der Waals surface area contributed by atoms with E-state index in [0.717, 1.165) is 44.3 Å². The van der Waals surface area contributed by atoms with E-state index >= 15 is 0 Å². The van der Waals surface area contributed by atoms with Gasteiger partial charge >= 0.3 is 0 Å². The Labute approximate surface area is 167 Å². The molecule has 3 N–H and O–H groups in total. The number of nitrogens with one attached hydrogen (secondary N) is 1. The summed E-state index contributed by atoms with van der Waals surface area (Å²) in [6, 6.07) is 0. The van der Waals surface area contributed by atoms with Crippen LogP contribution in [-0.2, 0) is 4.79 Å². The van der Waals surface area contributed by atoms with Gasteiger partial charge in [-0.1, -0.05) is 13.8 Å². The summed E-state index contributed by atoms with van der Waals surface area (Å²) in [5.74, 6) is 2.17. The Hall–Kier alpha value is -0.650. The molecule has 27 heavy (non-hydrogen) atoms. The molecule has 0 aromatic rings. The monoisotopic (exact) mass is 380 g/mol. The molecular weight excluding hydrogens is 336 g/mol. The maximum absolute atomic E-state index is 11.7. The first-order valence-electron chi connectivity index (χ1n) is 11.5. The molecule has 1 amide bonds. The number of nitrogens with zero attached hydrogens (tertiary/aromatic N) is 2. The molecule has 2 saturated carbocycles. The zero-order valence-electron chi connectivity index (χ0n) is 17.9. The Morgan fingerprint density at radius 3 is 1.81 bits per heavy atom. The summed E-state index contributed by atoms with van der Waals surface area (Å²) in [6.07, 6.45) is 10.5. The molecular formula is C22H44N4O. The van der Waals surface area contributed by atoms with Crippen LogP contribution in [0, 0.1) is 17.8 Å².